The van der Waals surface area contributed by atoms with Crippen molar-refractivity contribution in [1.82, 2.24) is 25.1 Å². The van der Waals surface area contributed by atoms with Crippen molar-refractivity contribution in [3.63, 3.8) is 0 Å². The molecule has 11 heteroatoms. The number of carbonyl (C=O) groups excluding carboxylic acids is 2. The Balaban J connectivity index is 1.22. The summed E-state index contributed by atoms with van der Waals surface area (Å²) >= 11 is 0. The van der Waals surface area contributed by atoms with Crippen molar-refractivity contribution in [2.45, 2.75) is 58.2 Å². The van der Waals surface area contributed by atoms with Crippen LogP contribution in [0.4, 0.5) is 5.82 Å². The Morgan fingerprint density at radius 2 is 1.90 bits per heavy atom. The van der Waals surface area contributed by atoms with E-state index in [1.807, 2.05) is 24.8 Å². The molecule has 0 unspecified atom stereocenters. The van der Waals surface area contributed by atoms with Crippen molar-refractivity contribution in [2.75, 3.05) is 45.2 Å². The molecule has 4 rings (SSSR count). The van der Waals surface area contributed by atoms with Crippen LogP contribution in [0.15, 0.2) is 41.8 Å². The van der Waals surface area contributed by atoms with E-state index in [0.29, 0.717) is 43.5 Å². The van der Waals surface area contributed by atoms with Gasteiger partial charge in [-0.3, -0.25) is 14.5 Å². The minimum absolute atomic E-state index is 0.0812. The zero-order valence-electron chi connectivity index (χ0n) is 23.7. The van der Waals surface area contributed by atoms with Crippen LogP contribution in [-0.2, 0) is 22.6 Å². The summed E-state index contributed by atoms with van der Waals surface area (Å²) < 4.78 is 0. The molecule has 3 heterocycles. The molecule has 1 saturated heterocycles. The number of oxime groups is 1. The lowest BCUT2D eigenvalue weighted by Gasteiger charge is -2.33. The molecule has 1 aromatic carbocycles. The first-order valence-corrected chi connectivity index (χ1v) is 14.1. The third-order valence-corrected chi connectivity index (χ3v) is 7.26. The summed E-state index contributed by atoms with van der Waals surface area (Å²) in [5, 5.41) is 20.7. The number of piperidine rings is 1. The Morgan fingerprint density at radius 1 is 1.15 bits per heavy atom. The number of rotatable bonds is 11. The average Bonchev–Trinajstić information content (AvgIpc) is 2.95. The number of benzene rings is 1. The van der Waals surface area contributed by atoms with Gasteiger partial charge in [0.15, 0.2) is 0 Å². The highest BCUT2D eigenvalue weighted by atomic mass is 16.6. The summed E-state index contributed by atoms with van der Waals surface area (Å²) in [6.07, 6.45) is 3.69. The van der Waals surface area contributed by atoms with Gasteiger partial charge in [0.1, 0.15) is 30.7 Å². The molecular weight excluding hydrogens is 510 g/mol. The lowest BCUT2D eigenvalue weighted by Crippen LogP contribution is -2.45. The standard InChI is InChI=1S/C29H41N7O4/c1-20(2)14-26(34-40-3)29(39)36-12-9-23(10-13-36)33-27-15-25(31-19-32-27)28(38)30-16-24(37)18-35-11-8-21-6-4-5-7-22(21)17-35/h4-7,15,19-20,23-24,37H,8-14,16-18H2,1-3H3,(H,30,38)(H,31,32,33)/b34-26+/t24-/m0/s1. The second kappa shape index (κ2) is 14.2. The molecule has 1 aromatic heterocycles. The molecule has 0 saturated carbocycles. The average molecular weight is 552 g/mol. The Bertz CT molecular complexity index is 1180. The van der Waals surface area contributed by atoms with Gasteiger partial charge in [0.05, 0.1) is 6.10 Å². The first kappa shape index (κ1) is 29.4. The molecule has 3 N–H and O–H groups in total. The molecule has 1 fully saturated rings. The fraction of sp³-hybridized carbons (Fsp3) is 0.552. The number of hydrogen-bond donors (Lipinski definition) is 3. The predicted molar refractivity (Wildman–Crippen MR) is 153 cm³/mol. The lowest BCUT2D eigenvalue weighted by atomic mass is 10.00. The molecule has 2 amide bonds. The van der Waals surface area contributed by atoms with E-state index in [4.69, 9.17) is 4.84 Å². The van der Waals surface area contributed by atoms with E-state index in [2.05, 4.69) is 48.9 Å². The van der Waals surface area contributed by atoms with Crippen molar-refractivity contribution in [3.05, 3.63) is 53.5 Å². The molecule has 40 heavy (non-hydrogen) atoms. The number of likely N-dealkylation sites (tertiary alicyclic amines) is 1. The SMILES string of the molecule is CO/N=C(\CC(C)C)C(=O)N1CCC(Nc2cc(C(=O)NC[C@H](O)CN3CCc4ccccc4C3)ncn2)CC1. The summed E-state index contributed by atoms with van der Waals surface area (Å²) in [6.45, 7) is 7.59. The first-order chi connectivity index (χ1) is 19.3. The number of hydrogen-bond acceptors (Lipinski definition) is 9. The fourth-order valence-electron chi connectivity index (χ4n) is 5.21. The fourth-order valence-corrected chi connectivity index (χ4v) is 5.21. The highest BCUT2D eigenvalue weighted by Crippen LogP contribution is 2.19. The molecule has 0 spiro atoms. The Labute approximate surface area is 236 Å². The van der Waals surface area contributed by atoms with Crippen LogP contribution in [0, 0.1) is 5.92 Å². The van der Waals surface area contributed by atoms with Gasteiger partial charge >= 0.3 is 0 Å². The highest BCUT2D eigenvalue weighted by Gasteiger charge is 2.27. The molecule has 2 aromatic rings. The number of nitrogens with zero attached hydrogens (tertiary/aromatic N) is 5. The molecule has 216 valence electrons. The molecule has 11 nitrogen and oxygen atoms in total. The summed E-state index contributed by atoms with van der Waals surface area (Å²) in [5.41, 5.74) is 3.33. The number of amides is 2. The van der Waals surface area contributed by atoms with Crippen molar-refractivity contribution in [1.29, 1.82) is 0 Å². The van der Waals surface area contributed by atoms with Gasteiger partial charge in [0, 0.05) is 57.8 Å². The van der Waals surface area contributed by atoms with Crippen molar-refractivity contribution < 1.29 is 19.5 Å². The number of aliphatic hydroxyl groups excluding tert-OH is 1. The number of nitrogens with one attached hydrogen (secondary N) is 2. The molecule has 0 radical (unpaired) electrons. The van der Waals surface area contributed by atoms with Crippen LogP contribution in [0.2, 0.25) is 0 Å². The first-order valence-electron chi connectivity index (χ1n) is 14.1. The summed E-state index contributed by atoms with van der Waals surface area (Å²) in [4.78, 5) is 42.9. The number of β-amino-alcohol motifs (C(OH)–C–C–N with tert-alkyl or cyclic N) is 1. The van der Waals surface area contributed by atoms with Crippen molar-refractivity contribution in [3.8, 4) is 0 Å². The maximum absolute atomic E-state index is 12.9. The topological polar surface area (TPSA) is 132 Å². The quantitative estimate of drug-likeness (QED) is 0.286. The number of anilines is 1. The molecule has 0 aliphatic carbocycles. The summed E-state index contributed by atoms with van der Waals surface area (Å²) in [5.74, 6) is 0.419. The zero-order chi connectivity index (χ0) is 28.5. The third-order valence-electron chi connectivity index (χ3n) is 7.26. The second-order valence-corrected chi connectivity index (χ2v) is 10.9. The van der Waals surface area contributed by atoms with E-state index in [9.17, 15) is 14.7 Å². The number of carbonyl (C=O) groups is 2. The minimum Gasteiger partial charge on any atom is -0.399 e. The van der Waals surface area contributed by atoms with Crippen LogP contribution in [0.1, 0.15) is 54.7 Å². The van der Waals surface area contributed by atoms with Gasteiger partial charge in [-0.1, -0.05) is 43.3 Å². The molecule has 1 atom stereocenters. The molecule has 0 bridgehead atoms. The molecule has 2 aliphatic heterocycles. The van der Waals surface area contributed by atoms with Crippen LogP contribution in [0.25, 0.3) is 0 Å². The van der Waals surface area contributed by atoms with Gasteiger partial charge in [-0.2, -0.15) is 0 Å². The zero-order valence-corrected chi connectivity index (χ0v) is 23.7. The number of aliphatic hydroxyl groups is 1. The van der Waals surface area contributed by atoms with E-state index in [1.54, 1.807) is 6.07 Å². The third kappa shape index (κ3) is 8.22. The van der Waals surface area contributed by atoms with Gasteiger partial charge in [-0.05, 0) is 36.3 Å². The van der Waals surface area contributed by atoms with Crippen LogP contribution < -0.4 is 10.6 Å². The van der Waals surface area contributed by atoms with Gasteiger partial charge in [0.25, 0.3) is 11.8 Å². The second-order valence-electron chi connectivity index (χ2n) is 10.9. The van der Waals surface area contributed by atoms with E-state index < -0.39 is 6.10 Å². The van der Waals surface area contributed by atoms with E-state index in [1.165, 1.54) is 24.6 Å². The predicted octanol–water partition coefficient (Wildman–Crippen LogP) is 2.08. The summed E-state index contributed by atoms with van der Waals surface area (Å²) in [6, 6.07) is 10.1. The van der Waals surface area contributed by atoms with Crippen LogP contribution in [-0.4, -0.2) is 94.4 Å². The van der Waals surface area contributed by atoms with E-state index in [0.717, 1.165) is 32.4 Å². The van der Waals surface area contributed by atoms with Gasteiger partial charge < -0.3 is 25.5 Å². The molecular formula is C29H41N7O4. The Kier molecular flexibility index (Phi) is 10.4. The Morgan fingerprint density at radius 3 is 2.62 bits per heavy atom. The van der Waals surface area contributed by atoms with Gasteiger partial charge in [0.2, 0.25) is 0 Å². The lowest BCUT2D eigenvalue weighted by molar-refractivity contribution is -0.125. The van der Waals surface area contributed by atoms with Crippen molar-refractivity contribution in [2.24, 2.45) is 11.1 Å². The van der Waals surface area contributed by atoms with Crippen LogP contribution in [0.3, 0.4) is 0 Å². The number of fused-ring (bicyclic) bond motifs is 1. The van der Waals surface area contributed by atoms with Crippen molar-refractivity contribution >= 4 is 23.3 Å². The van der Waals surface area contributed by atoms with E-state index in [-0.39, 0.29) is 30.1 Å². The number of aromatic nitrogens is 2. The highest BCUT2D eigenvalue weighted by molar-refractivity contribution is 6.38. The van der Waals surface area contributed by atoms with E-state index >= 15 is 0 Å². The van der Waals surface area contributed by atoms with Crippen LogP contribution in [0.5, 0.6) is 0 Å². The van der Waals surface area contributed by atoms with Gasteiger partial charge in [-0.15, -0.1) is 0 Å². The maximum atomic E-state index is 12.9. The largest absolute Gasteiger partial charge is 0.399 e. The maximum Gasteiger partial charge on any atom is 0.271 e. The normalized spacial score (nSPS) is 17.3. The van der Waals surface area contributed by atoms with Crippen LogP contribution >= 0.6 is 0 Å². The minimum atomic E-state index is -0.684. The molecule has 2 aliphatic rings. The Hall–Kier alpha value is -3.57. The monoisotopic (exact) mass is 551 g/mol. The smallest absolute Gasteiger partial charge is 0.271 e. The van der Waals surface area contributed by atoms with Gasteiger partial charge in [-0.25, -0.2) is 9.97 Å². The summed E-state index contributed by atoms with van der Waals surface area (Å²) in [7, 11) is 1.46.